The van der Waals surface area contributed by atoms with E-state index < -0.39 is 0 Å². The van der Waals surface area contributed by atoms with Crippen LogP contribution in [0.15, 0.2) is 24.3 Å². The minimum absolute atomic E-state index is 0.140. The maximum absolute atomic E-state index is 11.4. The molecule has 0 unspecified atom stereocenters. The van der Waals surface area contributed by atoms with Crippen LogP contribution in [-0.2, 0) is 11.3 Å². The molecule has 2 nitrogen and oxygen atoms in total. The molecule has 0 saturated heterocycles. The third-order valence-corrected chi connectivity index (χ3v) is 2.63. The number of carbonyl (C=O) groups is 1. The average Bonchev–Trinajstić information content (AvgIpc) is 2.27. The highest BCUT2D eigenvalue weighted by Crippen LogP contribution is 2.18. The van der Waals surface area contributed by atoms with Gasteiger partial charge in [0.05, 0.1) is 0 Å². The highest BCUT2D eigenvalue weighted by molar-refractivity contribution is 5.75. The molecule has 1 N–H and O–H groups in total. The van der Waals surface area contributed by atoms with E-state index in [1.165, 1.54) is 11.1 Å². The molecule has 0 bridgehead atoms. The summed E-state index contributed by atoms with van der Waals surface area (Å²) in [5, 5.41) is 2.96. The zero-order valence-electron chi connectivity index (χ0n) is 10.4. The summed E-state index contributed by atoms with van der Waals surface area (Å²) in [6, 6.07) is 8.29. The summed E-state index contributed by atoms with van der Waals surface area (Å²) in [6.45, 7) is 7.01. The summed E-state index contributed by atoms with van der Waals surface area (Å²) in [5.74, 6) is 0.639. The average molecular weight is 219 g/mol. The van der Waals surface area contributed by atoms with Crippen molar-refractivity contribution >= 4 is 5.91 Å². The number of nitrogens with one attached hydrogen (secondary N) is 1. The second-order valence-electron chi connectivity index (χ2n) is 4.38. The van der Waals surface area contributed by atoms with Crippen molar-refractivity contribution < 1.29 is 4.79 Å². The first-order valence-electron chi connectivity index (χ1n) is 5.99. The van der Waals surface area contributed by atoms with Gasteiger partial charge < -0.3 is 5.32 Å². The molecule has 0 saturated carbocycles. The van der Waals surface area contributed by atoms with Gasteiger partial charge in [0.2, 0.25) is 5.91 Å². The number of rotatable bonds is 5. The van der Waals surface area contributed by atoms with Gasteiger partial charge in [0.15, 0.2) is 0 Å². The standard InChI is InChI=1S/C14H21NO/c1-4-7-14(16)15-10-12-8-5-6-9-13(12)11(2)3/h5-6,8-9,11H,4,7,10H2,1-3H3,(H,15,16). The van der Waals surface area contributed by atoms with Crippen molar-refractivity contribution in [3.63, 3.8) is 0 Å². The number of amides is 1. The molecule has 1 rings (SSSR count). The molecular weight excluding hydrogens is 198 g/mol. The Hall–Kier alpha value is -1.31. The van der Waals surface area contributed by atoms with E-state index in [4.69, 9.17) is 0 Å². The maximum atomic E-state index is 11.4. The summed E-state index contributed by atoms with van der Waals surface area (Å²) in [7, 11) is 0. The van der Waals surface area contributed by atoms with Crippen LogP contribution in [0.2, 0.25) is 0 Å². The third kappa shape index (κ3) is 3.69. The Kier molecular flexibility index (Phi) is 5.03. The highest BCUT2D eigenvalue weighted by Gasteiger charge is 2.06. The molecule has 1 aromatic rings. The van der Waals surface area contributed by atoms with Gasteiger partial charge in [-0.1, -0.05) is 45.0 Å². The van der Waals surface area contributed by atoms with E-state index in [2.05, 4.69) is 31.3 Å². The maximum Gasteiger partial charge on any atom is 0.220 e. The summed E-state index contributed by atoms with van der Waals surface area (Å²) < 4.78 is 0. The lowest BCUT2D eigenvalue weighted by atomic mass is 9.97. The molecule has 0 aliphatic carbocycles. The van der Waals surface area contributed by atoms with Crippen molar-refractivity contribution in [1.29, 1.82) is 0 Å². The van der Waals surface area contributed by atoms with Crippen molar-refractivity contribution in [3.05, 3.63) is 35.4 Å². The predicted octanol–water partition coefficient (Wildman–Crippen LogP) is 3.23. The second-order valence-corrected chi connectivity index (χ2v) is 4.38. The summed E-state index contributed by atoms with van der Waals surface area (Å²) in [4.78, 5) is 11.4. The van der Waals surface area contributed by atoms with Crippen molar-refractivity contribution in [2.75, 3.05) is 0 Å². The number of hydrogen-bond acceptors (Lipinski definition) is 1. The molecule has 16 heavy (non-hydrogen) atoms. The van der Waals surface area contributed by atoms with E-state index in [-0.39, 0.29) is 5.91 Å². The number of benzene rings is 1. The van der Waals surface area contributed by atoms with Crippen LogP contribution in [0, 0.1) is 0 Å². The fourth-order valence-electron chi connectivity index (χ4n) is 1.77. The van der Waals surface area contributed by atoms with Gasteiger partial charge in [0.25, 0.3) is 0 Å². The molecule has 0 atom stereocenters. The van der Waals surface area contributed by atoms with E-state index in [0.717, 1.165) is 6.42 Å². The van der Waals surface area contributed by atoms with Gasteiger partial charge in [-0.2, -0.15) is 0 Å². The first-order chi connectivity index (χ1) is 7.65. The van der Waals surface area contributed by atoms with E-state index in [1.807, 2.05) is 19.1 Å². The van der Waals surface area contributed by atoms with E-state index in [0.29, 0.717) is 18.9 Å². The SMILES string of the molecule is CCCC(=O)NCc1ccccc1C(C)C. The molecule has 0 fully saturated rings. The second kappa shape index (κ2) is 6.31. The summed E-state index contributed by atoms with van der Waals surface area (Å²) in [6.07, 6.45) is 1.52. The molecule has 0 aromatic heterocycles. The minimum Gasteiger partial charge on any atom is -0.352 e. The van der Waals surface area contributed by atoms with Crippen molar-refractivity contribution in [3.8, 4) is 0 Å². The fraction of sp³-hybridized carbons (Fsp3) is 0.500. The molecule has 0 aliphatic heterocycles. The van der Waals surface area contributed by atoms with Gasteiger partial charge in [-0.25, -0.2) is 0 Å². The summed E-state index contributed by atoms with van der Waals surface area (Å²) >= 11 is 0. The lowest BCUT2D eigenvalue weighted by Gasteiger charge is -2.13. The predicted molar refractivity (Wildman–Crippen MR) is 67.3 cm³/mol. The van der Waals surface area contributed by atoms with E-state index in [1.54, 1.807) is 0 Å². The first kappa shape index (κ1) is 12.8. The fourth-order valence-corrected chi connectivity index (χ4v) is 1.77. The first-order valence-corrected chi connectivity index (χ1v) is 5.99. The Morgan fingerprint density at radius 3 is 2.62 bits per heavy atom. The van der Waals surface area contributed by atoms with Gasteiger partial charge in [0.1, 0.15) is 0 Å². The molecule has 88 valence electrons. The van der Waals surface area contributed by atoms with Gasteiger partial charge in [-0.05, 0) is 23.5 Å². The molecular formula is C14H21NO. The number of hydrogen-bond donors (Lipinski definition) is 1. The van der Waals surface area contributed by atoms with E-state index >= 15 is 0 Å². The number of carbonyl (C=O) groups excluding carboxylic acids is 1. The zero-order valence-corrected chi connectivity index (χ0v) is 10.4. The van der Waals surface area contributed by atoms with Crippen LogP contribution >= 0.6 is 0 Å². The quantitative estimate of drug-likeness (QED) is 0.809. The van der Waals surface area contributed by atoms with Gasteiger partial charge in [-0.15, -0.1) is 0 Å². The Balaban J connectivity index is 2.63. The normalized spacial score (nSPS) is 10.5. The molecule has 0 heterocycles. The van der Waals surface area contributed by atoms with Crippen LogP contribution in [0.1, 0.15) is 50.7 Å². The lowest BCUT2D eigenvalue weighted by Crippen LogP contribution is -2.22. The molecule has 2 heteroatoms. The van der Waals surface area contributed by atoms with Gasteiger partial charge >= 0.3 is 0 Å². The minimum atomic E-state index is 0.140. The van der Waals surface area contributed by atoms with Crippen molar-refractivity contribution in [2.24, 2.45) is 0 Å². The van der Waals surface area contributed by atoms with Gasteiger partial charge in [0, 0.05) is 13.0 Å². The van der Waals surface area contributed by atoms with Crippen molar-refractivity contribution in [2.45, 2.75) is 46.1 Å². The molecule has 1 aromatic carbocycles. The van der Waals surface area contributed by atoms with Crippen LogP contribution in [0.3, 0.4) is 0 Å². The van der Waals surface area contributed by atoms with Crippen LogP contribution in [0.4, 0.5) is 0 Å². The lowest BCUT2D eigenvalue weighted by molar-refractivity contribution is -0.121. The smallest absolute Gasteiger partial charge is 0.220 e. The monoisotopic (exact) mass is 219 g/mol. The molecule has 0 aliphatic rings. The Bertz CT molecular complexity index is 344. The third-order valence-electron chi connectivity index (χ3n) is 2.63. The Labute approximate surface area is 98.1 Å². The van der Waals surface area contributed by atoms with Crippen LogP contribution in [-0.4, -0.2) is 5.91 Å². The topological polar surface area (TPSA) is 29.1 Å². The van der Waals surface area contributed by atoms with E-state index in [9.17, 15) is 4.79 Å². The molecule has 1 amide bonds. The van der Waals surface area contributed by atoms with Gasteiger partial charge in [-0.3, -0.25) is 4.79 Å². The van der Waals surface area contributed by atoms with Crippen LogP contribution in [0.5, 0.6) is 0 Å². The Morgan fingerprint density at radius 2 is 2.00 bits per heavy atom. The molecule has 0 radical (unpaired) electrons. The highest BCUT2D eigenvalue weighted by atomic mass is 16.1. The summed E-state index contributed by atoms with van der Waals surface area (Å²) in [5.41, 5.74) is 2.54. The molecule has 0 spiro atoms. The van der Waals surface area contributed by atoms with Crippen molar-refractivity contribution in [1.82, 2.24) is 5.32 Å². The zero-order chi connectivity index (χ0) is 12.0. The Morgan fingerprint density at radius 1 is 1.31 bits per heavy atom. The largest absolute Gasteiger partial charge is 0.352 e. The van der Waals surface area contributed by atoms with Crippen LogP contribution in [0.25, 0.3) is 0 Å². The van der Waals surface area contributed by atoms with Crippen LogP contribution < -0.4 is 5.32 Å².